The van der Waals surface area contributed by atoms with Gasteiger partial charge < -0.3 is 15.2 Å². The maximum atomic E-state index is 13.3. The van der Waals surface area contributed by atoms with E-state index in [-0.39, 0.29) is 6.54 Å². The van der Waals surface area contributed by atoms with Gasteiger partial charge in [0.2, 0.25) is 29.1 Å². The van der Waals surface area contributed by atoms with Crippen molar-refractivity contribution in [3.8, 4) is 5.75 Å². The van der Waals surface area contributed by atoms with Crippen molar-refractivity contribution in [3.05, 3.63) is 29.1 Å². The number of hydrogen-bond acceptors (Lipinski definition) is 3. The molecule has 2 N–H and O–H groups in total. The number of ether oxygens (including phenoxy) is 1. The Hall–Kier alpha value is -1.41. The van der Waals surface area contributed by atoms with E-state index < -0.39 is 47.5 Å². The number of nitrogens with one attached hydrogen (secondary N) is 1. The van der Waals surface area contributed by atoms with Crippen LogP contribution in [0.4, 0.5) is 22.0 Å². The Labute approximate surface area is 118 Å². The molecule has 1 rings (SSSR count). The summed E-state index contributed by atoms with van der Waals surface area (Å²) >= 11 is 0. The molecule has 0 radical (unpaired) electrons. The Morgan fingerprint density at radius 2 is 1.38 bits per heavy atom. The molecule has 0 saturated carbocycles. The van der Waals surface area contributed by atoms with Gasteiger partial charge in [-0.2, -0.15) is 8.78 Å². The first-order valence-corrected chi connectivity index (χ1v) is 6.28. The molecule has 0 saturated heterocycles. The molecular weight excluding hydrogens is 297 g/mol. The van der Waals surface area contributed by atoms with Crippen LogP contribution in [0.1, 0.15) is 13.8 Å². The molecule has 21 heavy (non-hydrogen) atoms. The van der Waals surface area contributed by atoms with Crippen LogP contribution < -0.4 is 10.1 Å². The van der Waals surface area contributed by atoms with Crippen molar-refractivity contribution in [1.82, 2.24) is 5.32 Å². The van der Waals surface area contributed by atoms with Gasteiger partial charge in [0.1, 0.15) is 12.7 Å². The fourth-order valence-corrected chi connectivity index (χ4v) is 1.49. The number of hydrogen-bond donors (Lipinski definition) is 2. The molecule has 0 aliphatic carbocycles. The number of aliphatic hydroxyl groups excluding tert-OH is 1. The SMILES string of the molecule is CC(C)CNCC(O)COc1c(F)c(F)c(F)c(F)c1F. The van der Waals surface area contributed by atoms with E-state index >= 15 is 0 Å². The first-order valence-electron chi connectivity index (χ1n) is 6.28. The summed E-state index contributed by atoms with van der Waals surface area (Å²) in [6.07, 6.45) is -1.15. The summed E-state index contributed by atoms with van der Waals surface area (Å²) in [6, 6.07) is 0. The molecule has 1 aromatic rings. The highest BCUT2D eigenvalue weighted by atomic mass is 19.2. The lowest BCUT2D eigenvalue weighted by molar-refractivity contribution is 0.0993. The van der Waals surface area contributed by atoms with Crippen molar-refractivity contribution >= 4 is 0 Å². The van der Waals surface area contributed by atoms with Gasteiger partial charge in [0.05, 0.1) is 0 Å². The largest absolute Gasteiger partial charge is 0.485 e. The summed E-state index contributed by atoms with van der Waals surface area (Å²) in [5, 5.41) is 12.4. The molecule has 0 aliphatic rings. The third-order valence-corrected chi connectivity index (χ3v) is 2.52. The van der Waals surface area contributed by atoms with Crippen LogP contribution in [-0.4, -0.2) is 30.9 Å². The zero-order valence-electron chi connectivity index (χ0n) is 11.5. The van der Waals surface area contributed by atoms with Crippen LogP contribution in [0.2, 0.25) is 0 Å². The first kappa shape index (κ1) is 17.6. The van der Waals surface area contributed by atoms with Gasteiger partial charge in [-0.1, -0.05) is 13.8 Å². The van der Waals surface area contributed by atoms with Gasteiger partial charge in [-0.15, -0.1) is 0 Å². The molecule has 8 heteroatoms. The van der Waals surface area contributed by atoms with E-state index in [9.17, 15) is 27.1 Å². The third kappa shape index (κ3) is 4.53. The zero-order valence-corrected chi connectivity index (χ0v) is 11.5. The summed E-state index contributed by atoms with van der Waals surface area (Å²) < 4.78 is 69.7. The highest BCUT2D eigenvalue weighted by Crippen LogP contribution is 2.29. The molecule has 0 aliphatic heterocycles. The van der Waals surface area contributed by atoms with Gasteiger partial charge >= 0.3 is 0 Å². The standard InChI is InChI=1S/C13H16F5NO2/c1-6(2)3-19-4-7(20)5-21-13-11(17)9(15)8(14)10(16)12(13)18/h6-7,19-20H,3-5H2,1-2H3. The highest BCUT2D eigenvalue weighted by molar-refractivity contribution is 5.29. The number of benzene rings is 1. The lowest BCUT2D eigenvalue weighted by atomic mass is 10.2. The summed E-state index contributed by atoms with van der Waals surface area (Å²) in [5.41, 5.74) is 0. The fourth-order valence-electron chi connectivity index (χ4n) is 1.49. The van der Waals surface area contributed by atoms with Crippen molar-refractivity contribution in [2.75, 3.05) is 19.7 Å². The van der Waals surface area contributed by atoms with Crippen LogP contribution in [-0.2, 0) is 0 Å². The molecule has 0 spiro atoms. The Balaban J connectivity index is 2.68. The molecule has 0 amide bonds. The topological polar surface area (TPSA) is 41.5 Å². The van der Waals surface area contributed by atoms with Gasteiger partial charge in [-0.25, -0.2) is 13.2 Å². The fraction of sp³-hybridized carbons (Fsp3) is 0.538. The molecule has 3 nitrogen and oxygen atoms in total. The van der Waals surface area contributed by atoms with E-state index in [1.165, 1.54) is 0 Å². The average Bonchev–Trinajstić information content (AvgIpc) is 2.42. The molecule has 1 aromatic carbocycles. The summed E-state index contributed by atoms with van der Waals surface area (Å²) in [4.78, 5) is 0. The highest BCUT2D eigenvalue weighted by Gasteiger charge is 2.27. The van der Waals surface area contributed by atoms with Crippen LogP contribution in [0.3, 0.4) is 0 Å². The van der Waals surface area contributed by atoms with E-state index in [0.29, 0.717) is 12.5 Å². The first-order chi connectivity index (χ1) is 9.75. The Morgan fingerprint density at radius 3 is 1.86 bits per heavy atom. The van der Waals surface area contributed by atoms with Crippen molar-refractivity contribution in [2.45, 2.75) is 20.0 Å². The number of halogens is 5. The smallest absolute Gasteiger partial charge is 0.206 e. The molecule has 0 aromatic heterocycles. The van der Waals surface area contributed by atoms with E-state index in [0.717, 1.165) is 0 Å². The minimum absolute atomic E-state index is 0.0631. The van der Waals surface area contributed by atoms with Gasteiger partial charge in [0, 0.05) is 6.54 Å². The van der Waals surface area contributed by atoms with E-state index in [2.05, 4.69) is 10.1 Å². The minimum Gasteiger partial charge on any atom is -0.485 e. The Kier molecular flexibility index (Phi) is 6.35. The molecule has 120 valence electrons. The second-order valence-corrected chi connectivity index (χ2v) is 4.92. The molecule has 1 atom stereocenters. The van der Waals surface area contributed by atoms with Crippen molar-refractivity contribution in [1.29, 1.82) is 0 Å². The summed E-state index contributed by atoms with van der Waals surface area (Å²) in [7, 11) is 0. The summed E-state index contributed by atoms with van der Waals surface area (Å²) in [5.74, 6) is -11.6. The second-order valence-electron chi connectivity index (χ2n) is 4.92. The van der Waals surface area contributed by atoms with Crippen molar-refractivity contribution < 1.29 is 31.8 Å². The van der Waals surface area contributed by atoms with Crippen LogP contribution >= 0.6 is 0 Å². The molecular formula is C13H16F5NO2. The predicted molar refractivity (Wildman–Crippen MR) is 65.4 cm³/mol. The van der Waals surface area contributed by atoms with Crippen LogP contribution in [0, 0.1) is 35.0 Å². The van der Waals surface area contributed by atoms with E-state index in [1.807, 2.05) is 13.8 Å². The summed E-state index contributed by atoms with van der Waals surface area (Å²) in [6.45, 7) is 3.92. The Morgan fingerprint density at radius 1 is 0.905 bits per heavy atom. The molecule has 1 unspecified atom stereocenters. The van der Waals surface area contributed by atoms with E-state index in [4.69, 9.17) is 0 Å². The van der Waals surface area contributed by atoms with E-state index in [1.54, 1.807) is 0 Å². The monoisotopic (exact) mass is 313 g/mol. The average molecular weight is 313 g/mol. The lowest BCUT2D eigenvalue weighted by Gasteiger charge is -2.15. The third-order valence-electron chi connectivity index (χ3n) is 2.52. The lowest BCUT2D eigenvalue weighted by Crippen LogP contribution is -2.33. The normalized spacial score (nSPS) is 12.8. The van der Waals surface area contributed by atoms with Crippen LogP contribution in [0.15, 0.2) is 0 Å². The molecule has 0 bridgehead atoms. The van der Waals surface area contributed by atoms with Crippen LogP contribution in [0.5, 0.6) is 5.75 Å². The number of aliphatic hydroxyl groups is 1. The molecule has 0 fully saturated rings. The zero-order chi connectivity index (χ0) is 16.2. The quantitative estimate of drug-likeness (QED) is 0.461. The minimum atomic E-state index is -2.25. The van der Waals surface area contributed by atoms with Gasteiger partial charge in [-0.05, 0) is 12.5 Å². The maximum Gasteiger partial charge on any atom is 0.206 e. The van der Waals surface area contributed by atoms with Crippen LogP contribution in [0.25, 0.3) is 0 Å². The van der Waals surface area contributed by atoms with Gasteiger partial charge in [0.15, 0.2) is 5.75 Å². The number of rotatable bonds is 7. The maximum absolute atomic E-state index is 13.3. The predicted octanol–water partition coefficient (Wildman–Crippen LogP) is 2.37. The van der Waals surface area contributed by atoms with Gasteiger partial charge in [-0.3, -0.25) is 0 Å². The van der Waals surface area contributed by atoms with Crippen molar-refractivity contribution in [2.24, 2.45) is 5.92 Å². The van der Waals surface area contributed by atoms with Crippen molar-refractivity contribution in [3.63, 3.8) is 0 Å². The second kappa shape index (κ2) is 7.56. The molecule has 0 heterocycles. The Bertz CT molecular complexity index is 467. The van der Waals surface area contributed by atoms with Gasteiger partial charge in [0.25, 0.3) is 0 Å².